The van der Waals surface area contributed by atoms with Crippen molar-refractivity contribution < 1.29 is 4.74 Å². The van der Waals surface area contributed by atoms with Crippen LogP contribution >= 0.6 is 11.8 Å². The van der Waals surface area contributed by atoms with Gasteiger partial charge in [-0.15, -0.1) is 0 Å². The summed E-state index contributed by atoms with van der Waals surface area (Å²) in [6.45, 7) is 5.52. The highest BCUT2D eigenvalue weighted by Gasteiger charge is 2.40. The lowest BCUT2D eigenvalue weighted by molar-refractivity contribution is -0.107. The first-order valence-corrected chi connectivity index (χ1v) is 8.79. The third-order valence-electron chi connectivity index (χ3n) is 4.88. The molecule has 2 saturated heterocycles. The summed E-state index contributed by atoms with van der Waals surface area (Å²) >= 11 is 2.08. The molecule has 0 radical (unpaired) electrons. The van der Waals surface area contributed by atoms with Gasteiger partial charge in [0.15, 0.2) is 0 Å². The summed E-state index contributed by atoms with van der Waals surface area (Å²) in [6, 6.07) is 0.375. The van der Waals surface area contributed by atoms with Crippen LogP contribution in [0, 0.1) is 11.8 Å². The van der Waals surface area contributed by atoms with Crippen LogP contribution in [-0.2, 0) is 4.74 Å². The van der Waals surface area contributed by atoms with Crippen LogP contribution in [0.15, 0.2) is 0 Å². The van der Waals surface area contributed by atoms with E-state index >= 15 is 0 Å². The third-order valence-corrected chi connectivity index (χ3v) is 5.87. The lowest BCUT2D eigenvalue weighted by atomic mass is 9.75. The molecule has 2 rings (SSSR count). The zero-order chi connectivity index (χ0) is 13.0. The lowest BCUT2D eigenvalue weighted by Crippen LogP contribution is -2.48. The Bertz CT molecular complexity index is 247. The Morgan fingerprint density at radius 3 is 2.78 bits per heavy atom. The molecule has 106 valence electrons. The van der Waals surface area contributed by atoms with E-state index in [2.05, 4.69) is 25.6 Å². The van der Waals surface area contributed by atoms with Crippen molar-refractivity contribution in [3.8, 4) is 0 Å². The molecule has 2 aliphatic rings. The van der Waals surface area contributed by atoms with E-state index in [0.717, 1.165) is 6.61 Å². The number of hydrogen-bond donors (Lipinski definition) is 1. The third kappa shape index (κ3) is 3.43. The lowest BCUT2D eigenvalue weighted by Gasteiger charge is -2.45. The van der Waals surface area contributed by atoms with Gasteiger partial charge in [-0.25, -0.2) is 0 Å². The van der Waals surface area contributed by atoms with Crippen molar-refractivity contribution >= 4 is 11.8 Å². The van der Waals surface area contributed by atoms with Gasteiger partial charge in [-0.3, -0.25) is 0 Å². The molecule has 0 bridgehead atoms. The van der Waals surface area contributed by atoms with Gasteiger partial charge < -0.3 is 10.5 Å². The fraction of sp³-hybridized carbons (Fsp3) is 1.00. The van der Waals surface area contributed by atoms with E-state index in [9.17, 15) is 0 Å². The van der Waals surface area contributed by atoms with Crippen LogP contribution in [0.2, 0.25) is 0 Å². The van der Waals surface area contributed by atoms with E-state index in [1.165, 1.54) is 50.0 Å². The smallest absolute Gasteiger partial charge is 0.0701 e. The minimum Gasteiger partial charge on any atom is -0.375 e. The molecule has 0 aromatic heterocycles. The van der Waals surface area contributed by atoms with Gasteiger partial charge in [-0.05, 0) is 55.4 Å². The van der Waals surface area contributed by atoms with E-state index in [0.29, 0.717) is 17.9 Å². The van der Waals surface area contributed by atoms with E-state index in [-0.39, 0.29) is 5.60 Å². The molecule has 2 fully saturated rings. The van der Waals surface area contributed by atoms with E-state index in [4.69, 9.17) is 10.5 Å². The molecule has 0 aromatic rings. The standard InChI is InChI=1S/C15H29NOS/c1-3-4-12(2)14(16)13-5-8-17-15(11-13)6-9-18-10-7-15/h12-14H,3-11,16H2,1-2H3. The minimum atomic E-state index is 0.192. The Kier molecular flexibility index (Phi) is 5.40. The van der Waals surface area contributed by atoms with Gasteiger partial charge in [-0.2, -0.15) is 11.8 Å². The first kappa shape index (κ1) is 14.7. The highest BCUT2D eigenvalue weighted by atomic mass is 32.2. The molecule has 18 heavy (non-hydrogen) atoms. The van der Waals surface area contributed by atoms with Crippen molar-refractivity contribution in [1.29, 1.82) is 0 Å². The van der Waals surface area contributed by atoms with Crippen LogP contribution in [-0.4, -0.2) is 29.8 Å². The summed E-state index contributed by atoms with van der Waals surface area (Å²) < 4.78 is 6.16. The first-order valence-electron chi connectivity index (χ1n) is 7.64. The van der Waals surface area contributed by atoms with Gasteiger partial charge in [0.25, 0.3) is 0 Å². The van der Waals surface area contributed by atoms with Crippen molar-refractivity contribution in [3.05, 3.63) is 0 Å². The maximum absolute atomic E-state index is 6.51. The quantitative estimate of drug-likeness (QED) is 0.850. The van der Waals surface area contributed by atoms with E-state index in [1.807, 2.05) is 0 Å². The number of thioether (sulfide) groups is 1. The molecule has 0 aromatic carbocycles. The van der Waals surface area contributed by atoms with Crippen LogP contribution in [0.4, 0.5) is 0 Å². The van der Waals surface area contributed by atoms with Gasteiger partial charge in [0.2, 0.25) is 0 Å². The SMILES string of the molecule is CCCC(C)C(N)C1CCOC2(CCSCC2)C1. The molecule has 2 nitrogen and oxygen atoms in total. The molecule has 2 N–H and O–H groups in total. The highest BCUT2D eigenvalue weighted by molar-refractivity contribution is 7.99. The van der Waals surface area contributed by atoms with Gasteiger partial charge in [0.05, 0.1) is 5.60 Å². The molecular weight excluding hydrogens is 242 g/mol. The summed E-state index contributed by atoms with van der Waals surface area (Å²) in [4.78, 5) is 0. The molecular formula is C15H29NOS. The summed E-state index contributed by atoms with van der Waals surface area (Å²) in [6.07, 6.45) is 7.38. The van der Waals surface area contributed by atoms with E-state index < -0.39 is 0 Å². The van der Waals surface area contributed by atoms with Gasteiger partial charge in [-0.1, -0.05) is 20.3 Å². The molecule has 0 aliphatic carbocycles. The Hall–Kier alpha value is 0.270. The molecule has 3 atom stereocenters. The molecule has 2 heterocycles. The number of ether oxygens (including phenoxy) is 1. The Balaban J connectivity index is 1.93. The highest BCUT2D eigenvalue weighted by Crippen LogP contribution is 2.41. The fourth-order valence-electron chi connectivity index (χ4n) is 3.60. The van der Waals surface area contributed by atoms with Crippen molar-refractivity contribution in [2.24, 2.45) is 17.6 Å². The molecule has 0 saturated carbocycles. The van der Waals surface area contributed by atoms with Crippen molar-refractivity contribution in [2.75, 3.05) is 18.1 Å². The van der Waals surface area contributed by atoms with Crippen molar-refractivity contribution in [3.63, 3.8) is 0 Å². The van der Waals surface area contributed by atoms with Crippen molar-refractivity contribution in [1.82, 2.24) is 0 Å². The number of rotatable bonds is 4. The molecule has 3 heteroatoms. The Morgan fingerprint density at radius 2 is 2.11 bits per heavy atom. The number of hydrogen-bond acceptors (Lipinski definition) is 3. The zero-order valence-corrected chi connectivity index (χ0v) is 12.8. The normalized spacial score (nSPS) is 31.2. The second kappa shape index (κ2) is 6.62. The fourth-order valence-corrected chi connectivity index (χ4v) is 4.84. The summed E-state index contributed by atoms with van der Waals surface area (Å²) in [5.41, 5.74) is 6.70. The Labute approximate surface area is 116 Å². The minimum absolute atomic E-state index is 0.192. The molecule has 2 aliphatic heterocycles. The first-order chi connectivity index (χ1) is 8.67. The molecule has 3 unspecified atom stereocenters. The predicted molar refractivity (Wildman–Crippen MR) is 80.0 cm³/mol. The predicted octanol–water partition coefficient (Wildman–Crippen LogP) is 3.44. The van der Waals surface area contributed by atoms with Crippen molar-refractivity contribution in [2.45, 2.75) is 64.0 Å². The van der Waals surface area contributed by atoms with Gasteiger partial charge in [0, 0.05) is 12.6 Å². The molecule has 1 spiro atoms. The monoisotopic (exact) mass is 271 g/mol. The van der Waals surface area contributed by atoms with Gasteiger partial charge in [0.1, 0.15) is 0 Å². The number of nitrogens with two attached hydrogens (primary N) is 1. The largest absolute Gasteiger partial charge is 0.375 e. The maximum atomic E-state index is 6.51. The van der Waals surface area contributed by atoms with Gasteiger partial charge >= 0.3 is 0 Å². The zero-order valence-electron chi connectivity index (χ0n) is 12.0. The van der Waals surface area contributed by atoms with Crippen LogP contribution < -0.4 is 5.73 Å². The molecule has 0 amide bonds. The second-order valence-electron chi connectivity index (χ2n) is 6.24. The maximum Gasteiger partial charge on any atom is 0.0701 e. The topological polar surface area (TPSA) is 35.2 Å². The summed E-state index contributed by atoms with van der Waals surface area (Å²) in [5.74, 6) is 3.88. The van der Waals surface area contributed by atoms with Crippen LogP contribution in [0.3, 0.4) is 0 Å². The average molecular weight is 271 g/mol. The van der Waals surface area contributed by atoms with Crippen LogP contribution in [0.5, 0.6) is 0 Å². The summed E-state index contributed by atoms with van der Waals surface area (Å²) in [5, 5.41) is 0. The average Bonchev–Trinajstić information content (AvgIpc) is 2.39. The second-order valence-corrected chi connectivity index (χ2v) is 7.46. The van der Waals surface area contributed by atoms with E-state index in [1.54, 1.807) is 0 Å². The summed E-state index contributed by atoms with van der Waals surface area (Å²) in [7, 11) is 0. The van der Waals surface area contributed by atoms with Crippen LogP contribution in [0.1, 0.15) is 52.4 Å². The Morgan fingerprint density at radius 1 is 1.39 bits per heavy atom. The van der Waals surface area contributed by atoms with Crippen LogP contribution in [0.25, 0.3) is 0 Å².